The van der Waals surface area contributed by atoms with Gasteiger partial charge in [-0.05, 0) is 32.5 Å². The molecule has 0 bridgehead atoms. The Kier molecular flexibility index (Phi) is 3.71. The highest BCUT2D eigenvalue weighted by Crippen LogP contribution is 2.30. The summed E-state index contributed by atoms with van der Waals surface area (Å²) in [7, 11) is 0. The first-order valence-electron chi connectivity index (χ1n) is 5.89. The Morgan fingerprint density at radius 3 is 2.75 bits per heavy atom. The second kappa shape index (κ2) is 5.06. The van der Waals surface area contributed by atoms with Crippen LogP contribution in [0.1, 0.15) is 48.1 Å². The summed E-state index contributed by atoms with van der Waals surface area (Å²) >= 11 is 1.64. The van der Waals surface area contributed by atoms with Crippen molar-refractivity contribution in [1.29, 1.82) is 0 Å². The minimum Gasteiger partial charge on any atom is -0.304 e. The molecule has 0 atom stereocenters. The Bertz CT molecular complexity index is 367. The molecule has 1 aliphatic rings. The van der Waals surface area contributed by atoms with Gasteiger partial charge in [-0.1, -0.05) is 6.92 Å². The average molecular weight is 238 g/mol. The van der Waals surface area contributed by atoms with Gasteiger partial charge in [-0.25, -0.2) is 4.98 Å². The van der Waals surface area contributed by atoms with Gasteiger partial charge in [-0.2, -0.15) is 0 Å². The number of hydrogen-bond acceptors (Lipinski definition) is 4. The molecule has 0 amide bonds. The fraction of sp³-hybridized carbons (Fsp3) is 0.667. The predicted octanol–water partition coefficient (Wildman–Crippen LogP) is 2.55. The molecule has 1 aliphatic heterocycles. The van der Waals surface area contributed by atoms with Gasteiger partial charge in [0.05, 0.1) is 5.01 Å². The molecule has 0 unspecified atom stereocenters. The topological polar surface area (TPSA) is 33.2 Å². The van der Waals surface area contributed by atoms with E-state index in [4.69, 9.17) is 0 Å². The van der Waals surface area contributed by atoms with Crippen molar-refractivity contribution in [2.24, 2.45) is 0 Å². The minimum absolute atomic E-state index is 0.0773. The maximum absolute atomic E-state index is 11.2. The van der Waals surface area contributed by atoms with Crippen molar-refractivity contribution in [3.8, 4) is 0 Å². The molecule has 0 spiro atoms. The monoisotopic (exact) mass is 238 g/mol. The van der Waals surface area contributed by atoms with Gasteiger partial charge in [0.15, 0.2) is 5.78 Å². The van der Waals surface area contributed by atoms with E-state index < -0.39 is 0 Å². The van der Waals surface area contributed by atoms with Gasteiger partial charge in [0.25, 0.3) is 0 Å². The first-order chi connectivity index (χ1) is 7.70. The third-order valence-electron chi connectivity index (χ3n) is 3.27. The number of hydrogen-bond donors (Lipinski definition) is 0. The molecule has 0 aromatic carbocycles. The predicted molar refractivity (Wildman–Crippen MR) is 66.2 cm³/mol. The van der Waals surface area contributed by atoms with Crippen molar-refractivity contribution in [3.63, 3.8) is 0 Å². The molecule has 0 radical (unpaired) electrons. The second-order valence-electron chi connectivity index (χ2n) is 4.34. The lowest BCUT2D eigenvalue weighted by Gasteiger charge is -2.29. The quantitative estimate of drug-likeness (QED) is 0.759. The van der Waals surface area contributed by atoms with Crippen molar-refractivity contribution >= 4 is 17.1 Å². The SMILES string of the molecule is CCN1CCC(c2nc(C(C)=O)cs2)CC1. The summed E-state index contributed by atoms with van der Waals surface area (Å²) in [6, 6.07) is 0. The van der Waals surface area contributed by atoms with Gasteiger partial charge in [0, 0.05) is 18.2 Å². The zero-order chi connectivity index (χ0) is 11.5. The normalized spacial score (nSPS) is 18.9. The Hall–Kier alpha value is -0.740. The van der Waals surface area contributed by atoms with Crippen LogP contribution in [0.4, 0.5) is 0 Å². The number of piperidine rings is 1. The van der Waals surface area contributed by atoms with Crippen molar-refractivity contribution in [2.75, 3.05) is 19.6 Å². The van der Waals surface area contributed by atoms with Crippen LogP contribution in [0.5, 0.6) is 0 Å². The van der Waals surface area contributed by atoms with Crippen molar-refractivity contribution in [3.05, 3.63) is 16.1 Å². The summed E-state index contributed by atoms with van der Waals surface area (Å²) in [4.78, 5) is 18.1. The van der Waals surface area contributed by atoms with Crippen LogP contribution in [0, 0.1) is 0 Å². The van der Waals surface area contributed by atoms with E-state index in [2.05, 4.69) is 16.8 Å². The van der Waals surface area contributed by atoms with E-state index in [-0.39, 0.29) is 5.78 Å². The summed E-state index contributed by atoms with van der Waals surface area (Å²) in [5, 5.41) is 3.05. The largest absolute Gasteiger partial charge is 0.304 e. The van der Waals surface area contributed by atoms with E-state index in [1.165, 1.54) is 12.8 Å². The van der Waals surface area contributed by atoms with Crippen LogP contribution in [-0.2, 0) is 0 Å². The fourth-order valence-corrected chi connectivity index (χ4v) is 3.16. The van der Waals surface area contributed by atoms with Crippen LogP contribution in [0.3, 0.4) is 0 Å². The lowest BCUT2D eigenvalue weighted by Crippen LogP contribution is -2.32. The zero-order valence-corrected chi connectivity index (χ0v) is 10.7. The number of Topliss-reactive ketones (excluding diaryl/α,β-unsaturated/α-hetero) is 1. The Morgan fingerprint density at radius 2 is 2.25 bits per heavy atom. The van der Waals surface area contributed by atoms with E-state index in [0.717, 1.165) is 24.6 Å². The van der Waals surface area contributed by atoms with Gasteiger partial charge in [0.1, 0.15) is 5.69 Å². The smallest absolute Gasteiger partial charge is 0.178 e. The molecule has 0 N–H and O–H groups in total. The minimum atomic E-state index is 0.0773. The molecule has 0 aliphatic carbocycles. The third-order valence-corrected chi connectivity index (χ3v) is 4.27. The third kappa shape index (κ3) is 2.50. The molecule has 4 heteroatoms. The van der Waals surface area contributed by atoms with Crippen LogP contribution in [0.25, 0.3) is 0 Å². The van der Waals surface area contributed by atoms with Crippen LogP contribution in [0.2, 0.25) is 0 Å². The van der Waals surface area contributed by atoms with Crippen LogP contribution >= 0.6 is 11.3 Å². The molecule has 3 nitrogen and oxygen atoms in total. The summed E-state index contributed by atoms with van der Waals surface area (Å²) in [5.74, 6) is 0.648. The number of rotatable bonds is 3. The van der Waals surface area contributed by atoms with Gasteiger partial charge >= 0.3 is 0 Å². The lowest BCUT2D eigenvalue weighted by molar-refractivity contribution is 0.101. The molecular formula is C12H18N2OS. The molecule has 2 rings (SSSR count). The summed E-state index contributed by atoms with van der Waals surface area (Å²) < 4.78 is 0. The maximum atomic E-state index is 11.2. The van der Waals surface area contributed by atoms with Gasteiger partial charge in [0.2, 0.25) is 0 Å². The Labute approximate surface area is 100 Å². The molecule has 88 valence electrons. The van der Waals surface area contributed by atoms with E-state index in [1.54, 1.807) is 18.3 Å². The molecule has 1 aromatic heterocycles. The Morgan fingerprint density at radius 1 is 1.56 bits per heavy atom. The highest BCUT2D eigenvalue weighted by molar-refractivity contribution is 7.09. The number of likely N-dealkylation sites (tertiary alicyclic amines) is 1. The Balaban J connectivity index is 2.00. The highest BCUT2D eigenvalue weighted by Gasteiger charge is 2.22. The van der Waals surface area contributed by atoms with Crippen molar-refractivity contribution in [1.82, 2.24) is 9.88 Å². The van der Waals surface area contributed by atoms with Crippen LogP contribution in [0.15, 0.2) is 5.38 Å². The first-order valence-corrected chi connectivity index (χ1v) is 6.77. The highest BCUT2D eigenvalue weighted by atomic mass is 32.1. The average Bonchev–Trinajstić information content (AvgIpc) is 2.78. The molecule has 0 saturated carbocycles. The molecule has 16 heavy (non-hydrogen) atoms. The molecule has 2 heterocycles. The summed E-state index contributed by atoms with van der Waals surface area (Å²) in [6.07, 6.45) is 2.36. The number of thiazole rings is 1. The first kappa shape index (κ1) is 11.7. The van der Waals surface area contributed by atoms with E-state index >= 15 is 0 Å². The van der Waals surface area contributed by atoms with Crippen molar-refractivity contribution < 1.29 is 4.79 Å². The summed E-state index contributed by atoms with van der Waals surface area (Å²) in [5.41, 5.74) is 0.637. The van der Waals surface area contributed by atoms with E-state index in [0.29, 0.717) is 11.6 Å². The van der Waals surface area contributed by atoms with E-state index in [9.17, 15) is 4.79 Å². The van der Waals surface area contributed by atoms with Gasteiger partial charge in [-0.15, -0.1) is 11.3 Å². The molecule has 1 saturated heterocycles. The standard InChI is InChI=1S/C12H18N2OS/c1-3-14-6-4-10(5-7-14)12-13-11(8-16-12)9(2)15/h8,10H,3-7H2,1-2H3. The lowest BCUT2D eigenvalue weighted by atomic mass is 9.97. The van der Waals surface area contributed by atoms with Crippen LogP contribution in [-0.4, -0.2) is 35.3 Å². The van der Waals surface area contributed by atoms with E-state index in [1.807, 2.05) is 5.38 Å². The number of carbonyl (C=O) groups excluding carboxylic acids is 1. The number of carbonyl (C=O) groups is 1. The second-order valence-corrected chi connectivity index (χ2v) is 5.23. The maximum Gasteiger partial charge on any atom is 0.178 e. The number of ketones is 1. The molecule has 1 fully saturated rings. The van der Waals surface area contributed by atoms with Gasteiger partial charge in [-0.3, -0.25) is 4.79 Å². The number of aromatic nitrogens is 1. The van der Waals surface area contributed by atoms with Crippen molar-refractivity contribution in [2.45, 2.75) is 32.6 Å². The van der Waals surface area contributed by atoms with Gasteiger partial charge < -0.3 is 4.90 Å². The number of nitrogens with zero attached hydrogens (tertiary/aromatic N) is 2. The molecule has 1 aromatic rings. The molecular weight excluding hydrogens is 220 g/mol. The summed E-state index contributed by atoms with van der Waals surface area (Å²) in [6.45, 7) is 7.26. The zero-order valence-electron chi connectivity index (χ0n) is 9.90. The van der Waals surface area contributed by atoms with Crippen LogP contribution < -0.4 is 0 Å². The fourth-order valence-electron chi connectivity index (χ4n) is 2.13.